The smallest absolute Gasteiger partial charge is 0.233 e. The molecule has 10 rings (SSSR count). The van der Waals surface area contributed by atoms with Crippen LogP contribution in [0, 0.1) is 0 Å². The van der Waals surface area contributed by atoms with Gasteiger partial charge in [-0.2, -0.15) is 0 Å². The zero-order chi connectivity index (χ0) is 35.4. The van der Waals surface area contributed by atoms with E-state index in [-0.39, 0.29) is 0 Å². The molecule has 0 amide bonds. The lowest BCUT2D eigenvalue weighted by Crippen LogP contribution is -2.77. The summed E-state index contributed by atoms with van der Waals surface area (Å²) in [6.45, 7) is 0. The maximum atomic E-state index is 15.9. The fourth-order valence-electron chi connectivity index (χ4n) is 8.65. The summed E-state index contributed by atoms with van der Waals surface area (Å²) in [6, 6.07) is 65.5. The second-order valence-electron chi connectivity index (χ2n) is 13.6. The maximum absolute atomic E-state index is 15.9. The quantitative estimate of drug-likeness (QED) is 0.127. The van der Waals surface area contributed by atoms with Crippen LogP contribution in [0.5, 0.6) is 0 Å². The summed E-state index contributed by atoms with van der Waals surface area (Å²) in [5.74, 6) is 0. The Morgan fingerprint density at radius 1 is 0.528 bits per heavy atom. The van der Waals surface area contributed by atoms with E-state index < -0.39 is 15.4 Å². The minimum absolute atomic E-state index is 0.486. The van der Waals surface area contributed by atoms with Gasteiger partial charge in [0.1, 0.15) is 0 Å². The molecule has 251 valence electrons. The van der Waals surface area contributed by atoms with Crippen molar-refractivity contribution in [3.05, 3.63) is 205 Å². The molecule has 1 unspecified atom stereocenters. The van der Waals surface area contributed by atoms with Crippen LogP contribution in [0.15, 0.2) is 205 Å². The lowest BCUT2D eigenvalue weighted by molar-refractivity contribution is 0.582. The Labute approximate surface area is 312 Å². The SMILES string of the molecule is O=P(C1=C[Si]=CC=C1)(c1ccccc1)n1c2ccccc2c2cc(N3c4ccccc4[Si](c4ccccc4)(c4ccccc4)c4ccccc43)ccc21. The molecule has 2 aliphatic heterocycles. The Balaban J connectivity index is 1.25. The first-order valence-corrected chi connectivity index (χ1v) is 22.8. The van der Waals surface area contributed by atoms with E-state index in [2.05, 4.69) is 178 Å². The van der Waals surface area contributed by atoms with Gasteiger partial charge < -0.3 is 4.90 Å². The Bertz CT molecular complexity index is 2740. The molecule has 0 aliphatic carbocycles. The van der Waals surface area contributed by atoms with Crippen molar-refractivity contribution in [2.24, 2.45) is 0 Å². The van der Waals surface area contributed by atoms with Crippen LogP contribution in [0.2, 0.25) is 0 Å². The van der Waals surface area contributed by atoms with Gasteiger partial charge in [0.2, 0.25) is 7.29 Å². The predicted molar refractivity (Wildman–Crippen MR) is 229 cm³/mol. The van der Waals surface area contributed by atoms with Crippen molar-refractivity contribution in [3.63, 3.8) is 0 Å². The van der Waals surface area contributed by atoms with Crippen molar-refractivity contribution in [2.75, 3.05) is 4.90 Å². The Hall–Kier alpha value is -5.85. The molecule has 3 nitrogen and oxygen atoms in total. The summed E-state index contributed by atoms with van der Waals surface area (Å²) in [6.07, 6.45) is 4.09. The van der Waals surface area contributed by atoms with Crippen molar-refractivity contribution in [1.29, 1.82) is 0 Å². The summed E-state index contributed by atoms with van der Waals surface area (Å²) in [7, 11) is -5.55. The molecule has 0 spiro atoms. The lowest BCUT2D eigenvalue weighted by Gasteiger charge is -2.45. The maximum Gasteiger partial charge on any atom is 0.233 e. The number of nitrogens with zero attached hydrogens (tertiary/aromatic N) is 2. The van der Waals surface area contributed by atoms with Crippen LogP contribution >= 0.6 is 7.29 Å². The monoisotopic (exact) mass is 729 g/mol. The third-order valence-corrected chi connectivity index (χ3v) is 19.8. The second kappa shape index (κ2) is 12.7. The number of fused-ring (bicyclic) bond motifs is 5. The van der Waals surface area contributed by atoms with E-state index in [0.717, 1.165) is 38.1 Å². The molecule has 8 aromatic rings. The van der Waals surface area contributed by atoms with Gasteiger partial charge in [0.15, 0.2) is 8.07 Å². The Morgan fingerprint density at radius 3 is 1.70 bits per heavy atom. The van der Waals surface area contributed by atoms with Gasteiger partial charge >= 0.3 is 0 Å². The number of hydrogen-bond donors (Lipinski definition) is 0. The fraction of sp³-hybridized carbons (Fsp3) is 0. The molecule has 0 bridgehead atoms. The molecule has 0 N–H and O–H groups in total. The van der Waals surface area contributed by atoms with E-state index in [1.807, 2.05) is 36.4 Å². The van der Waals surface area contributed by atoms with Gasteiger partial charge in [-0.1, -0.05) is 157 Å². The van der Waals surface area contributed by atoms with Crippen molar-refractivity contribution >= 4 is 95.1 Å². The van der Waals surface area contributed by atoms with Crippen LogP contribution in [-0.4, -0.2) is 27.2 Å². The molecule has 53 heavy (non-hydrogen) atoms. The number of rotatable bonds is 6. The van der Waals surface area contributed by atoms with Crippen LogP contribution < -0.4 is 31.0 Å². The second-order valence-corrected chi connectivity index (χ2v) is 20.8. The van der Waals surface area contributed by atoms with E-state index in [9.17, 15) is 0 Å². The topological polar surface area (TPSA) is 25.2 Å². The highest BCUT2D eigenvalue weighted by Crippen LogP contribution is 2.58. The molecule has 0 saturated heterocycles. The number of anilines is 3. The Kier molecular flexibility index (Phi) is 7.62. The van der Waals surface area contributed by atoms with Gasteiger partial charge in [0.05, 0.1) is 20.2 Å². The molecule has 2 aliphatic rings. The minimum atomic E-state index is -3.31. The standard InChI is InChI=1S/C47H34N2OPSi2/c50-51(36-17-4-1-5-18-36,37-19-16-32-52-34-37)49-42-25-11-10-24-40(42)41-33-35(30-31-43(41)49)48-44-26-12-14-28-46(44)53(38-20-6-2-7-21-38,39-22-8-3-9-23-39)47-29-15-13-27-45(47)48/h1-34H. The summed E-state index contributed by atoms with van der Waals surface area (Å²) >= 11 is 0. The van der Waals surface area contributed by atoms with Gasteiger partial charge in [-0.15, -0.1) is 0 Å². The molecule has 0 fully saturated rings. The first-order chi connectivity index (χ1) is 26.2. The average molecular weight is 730 g/mol. The molecular formula is C47H34N2OPSi2. The molecule has 1 atom stereocenters. The number of allylic oxidation sites excluding steroid dienone is 3. The molecule has 1 aromatic heterocycles. The van der Waals surface area contributed by atoms with Crippen LogP contribution in [0.4, 0.5) is 17.1 Å². The largest absolute Gasteiger partial charge is 0.311 e. The zero-order valence-electron chi connectivity index (χ0n) is 28.9. The number of aromatic nitrogens is 1. The first kappa shape index (κ1) is 31.9. The van der Waals surface area contributed by atoms with Gasteiger partial charge in [0.25, 0.3) is 0 Å². The summed E-state index contributed by atoms with van der Waals surface area (Å²) in [4.78, 5) is 2.45. The van der Waals surface area contributed by atoms with Crippen LogP contribution in [0.25, 0.3) is 21.8 Å². The van der Waals surface area contributed by atoms with Gasteiger partial charge in [0, 0.05) is 38.5 Å². The third-order valence-electron chi connectivity index (χ3n) is 10.8. The van der Waals surface area contributed by atoms with Crippen molar-refractivity contribution in [3.8, 4) is 0 Å². The highest BCUT2D eigenvalue weighted by atomic mass is 31.2. The molecule has 3 heterocycles. The summed E-state index contributed by atoms with van der Waals surface area (Å²) in [5, 5.41) is 9.33. The number of hydrogen-bond acceptors (Lipinski definition) is 2. The number of para-hydroxylation sites is 3. The summed E-state index contributed by atoms with van der Waals surface area (Å²) < 4.78 is 18.1. The van der Waals surface area contributed by atoms with E-state index in [1.165, 1.54) is 32.1 Å². The molecule has 0 saturated carbocycles. The normalized spacial score (nSPS) is 15.5. The van der Waals surface area contributed by atoms with Crippen molar-refractivity contribution in [1.82, 2.24) is 4.34 Å². The third kappa shape index (κ3) is 4.71. The highest BCUT2D eigenvalue weighted by Gasteiger charge is 2.48. The zero-order valence-corrected chi connectivity index (χ0v) is 31.8. The van der Waals surface area contributed by atoms with Crippen molar-refractivity contribution in [2.45, 2.75) is 0 Å². The molecule has 1 radical (unpaired) electrons. The van der Waals surface area contributed by atoms with E-state index in [4.69, 9.17) is 0 Å². The summed E-state index contributed by atoms with van der Waals surface area (Å²) in [5.41, 5.74) is 9.68. The van der Waals surface area contributed by atoms with Gasteiger partial charge in [-0.25, -0.2) is 0 Å². The minimum Gasteiger partial charge on any atom is -0.311 e. The van der Waals surface area contributed by atoms with E-state index in [1.54, 1.807) is 0 Å². The number of benzene rings is 7. The molecular weight excluding hydrogens is 696 g/mol. The Morgan fingerprint density at radius 2 is 1.08 bits per heavy atom. The molecule has 7 aromatic carbocycles. The van der Waals surface area contributed by atoms with Gasteiger partial charge in [-0.05, 0) is 69.3 Å². The van der Waals surface area contributed by atoms with Crippen LogP contribution in [0.3, 0.4) is 0 Å². The van der Waals surface area contributed by atoms with E-state index >= 15 is 4.57 Å². The van der Waals surface area contributed by atoms with Crippen LogP contribution in [0.1, 0.15) is 0 Å². The first-order valence-electron chi connectivity index (χ1n) is 18.0. The molecule has 6 heteroatoms. The average Bonchev–Trinajstić information content (AvgIpc) is 3.58. The van der Waals surface area contributed by atoms with Gasteiger partial charge in [-0.3, -0.25) is 8.90 Å². The van der Waals surface area contributed by atoms with Crippen LogP contribution in [-0.2, 0) is 4.57 Å². The van der Waals surface area contributed by atoms with Crippen molar-refractivity contribution < 1.29 is 4.57 Å². The fourth-order valence-corrected chi connectivity index (χ4v) is 17.8. The highest BCUT2D eigenvalue weighted by molar-refractivity contribution is 7.74. The predicted octanol–water partition coefficient (Wildman–Crippen LogP) is 8.32. The lowest BCUT2D eigenvalue weighted by atomic mass is 10.1. The van der Waals surface area contributed by atoms with E-state index in [0.29, 0.717) is 9.13 Å².